The Bertz CT molecular complexity index is 413. The Morgan fingerprint density at radius 3 is 3.00 bits per heavy atom. The summed E-state index contributed by atoms with van der Waals surface area (Å²) in [6.45, 7) is 4.07. The van der Waals surface area contributed by atoms with Gasteiger partial charge in [0.15, 0.2) is 0 Å². The second-order valence-corrected chi connectivity index (χ2v) is 5.27. The van der Waals surface area contributed by atoms with Crippen molar-refractivity contribution in [1.82, 2.24) is 9.88 Å². The lowest BCUT2D eigenvalue weighted by Crippen LogP contribution is -2.35. The Morgan fingerprint density at radius 2 is 2.33 bits per heavy atom. The minimum Gasteiger partial charge on any atom is -0.395 e. The molecule has 100 valence electrons. The van der Waals surface area contributed by atoms with Gasteiger partial charge >= 0.3 is 0 Å². The van der Waals surface area contributed by atoms with E-state index >= 15 is 0 Å². The van der Waals surface area contributed by atoms with Crippen molar-refractivity contribution in [3.05, 3.63) is 22.8 Å². The number of likely N-dealkylation sites (tertiary alicyclic amines) is 1. The van der Waals surface area contributed by atoms with Gasteiger partial charge in [0.05, 0.1) is 17.3 Å². The molecule has 2 N–H and O–H groups in total. The SMILES string of the molecule is CNc1ccc(Cl)c(CN2CCC(C)C2CO)n1. The molecule has 0 bridgehead atoms. The zero-order valence-electron chi connectivity index (χ0n) is 10.9. The van der Waals surface area contributed by atoms with E-state index in [2.05, 4.69) is 22.1 Å². The number of rotatable bonds is 4. The van der Waals surface area contributed by atoms with E-state index in [1.807, 2.05) is 19.2 Å². The maximum atomic E-state index is 9.45. The monoisotopic (exact) mass is 269 g/mol. The molecule has 1 fully saturated rings. The third kappa shape index (κ3) is 2.76. The molecule has 1 aromatic heterocycles. The van der Waals surface area contributed by atoms with Crippen LogP contribution in [0.5, 0.6) is 0 Å². The molecule has 0 radical (unpaired) electrons. The smallest absolute Gasteiger partial charge is 0.126 e. The summed E-state index contributed by atoms with van der Waals surface area (Å²) in [7, 11) is 1.84. The lowest BCUT2D eigenvalue weighted by Gasteiger charge is -2.25. The van der Waals surface area contributed by atoms with Crippen molar-refractivity contribution in [2.75, 3.05) is 25.5 Å². The van der Waals surface area contributed by atoms with Crippen LogP contribution in [0.15, 0.2) is 12.1 Å². The first kappa shape index (κ1) is 13.6. The molecule has 2 atom stereocenters. The van der Waals surface area contributed by atoms with Crippen LogP contribution in [0.1, 0.15) is 19.0 Å². The molecule has 5 heteroatoms. The Kier molecular flexibility index (Phi) is 4.43. The highest BCUT2D eigenvalue weighted by Crippen LogP contribution is 2.27. The number of hydrogen-bond donors (Lipinski definition) is 2. The van der Waals surface area contributed by atoms with E-state index in [1.165, 1.54) is 0 Å². The number of aliphatic hydroxyl groups is 1. The van der Waals surface area contributed by atoms with E-state index < -0.39 is 0 Å². The highest BCUT2D eigenvalue weighted by molar-refractivity contribution is 6.31. The number of hydrogen-bond acceptors (Lipinski definition) is 4. The summed E-state index contributed by atoms with van der Waals surface area (Å²) < 4.78 is 0. The van der Waals surface area contributed by atoms with Gasteiger partial charge in [-0.25, -0.2) is 4.98 Å². The van der Waals surface area contributed by atoms with Gasteiger partial charge in [-0.1, -0.05) is 18.5 Å². The van der Waals surface area contributed by atoms with Crippen LogP contribution in [-0.4, -0.2) is 41.2 Å². The molecule has 2 unspecified atom stereocenters. The molecule has 0 amide bonds. The molecule has 0 aliphatic carbocycles. The Morgan fingerprint density at radius 1 is 1.56 bits per heavy atom. The zero-order chi connectivity index (χ0) is 13.1. The number of aliphatic hydroxyl groups excluding tert-OH is 1. The van der Waals surface area contributed by atoms with Gasteiger partial charge < -0.3 is 10.4 Å². The van der Waals surface area contributed by atoms with E-state index in [-0.39, 0.29) is 12.6 Å². The van der Waals surface area contributed by atoms with Gasteiger partial charge in [0.2, 0.25) is 0 Å². The molecule has 18 heavy (non-hydrogen) atoms. The Balaban J connectivity index is 2.13. The quantitative estimate of drug-likeness (QED) is 0.878. The van der Waals surface area contributed by atoms with Gasteiger partial charge in [0.1, 0.15) is 5.82 Å². The fourth-order valence-corrected chi connectivity index (χ4v) is 2.67. The van der Waals surface area contributed by atoms with Crippen LogP contribution in [0.2, 0.25) is 5.02 Å². The van der Waals surface area contributed by atoms with Crippen molar-refractivity contribution in [1.29, 1.82) is 0 Å². The van der Waals surface area contributed by atoms with Crippen molar-refractivity contribution >= 4 is 17.4 Å². The van der Waals surface area contributed by atoms with Crippen LogP contribution in [-0.2, 0) is 6.54 Å². The van der Waals surface area contributed by atoms with E-state index in [1.54, 1.807) is 0 Å². The summed E-state index contributed by atoms with van der Waals surface area (Å²) in [5.41, 5.74) is 0.871. The lowest BCUT2D eigenvalue weighted by molar-refractivity contribution is 0.133. The molecule has 2 rings (SSSR count). The van der Waals surface area contributed by atoms with Crippen molar-refractivity contribution in [3.8, 4) is 0 Å². The van der Waals surface area contributed by atoms with Crippen LogP contribution in [0, 0.1) is 5.92 Å². The molecule has 4 nitrogen and oxygen atoms in total. The minimum atomic E-state index is 0.199. The molecule has 1 aliphatic rings. The number of pyridine rings is 1. The minimum absolute atomic E-state index is 0.199. The first-order valence-electron chi connectivity index (χ1n) is 6.33. The number of anilines is 1. The zero-order valence-corrected chi connectivity index (χ0v) is 11.6. The molecule has 1 saturated heterocycles. The summed E-state index contributed by atoms with van der Waals surface area (Å²) in [5, 5.41) is 13.1. The number of aromatic nitrogens is 1. The number of nitrogens with zero attached hydrogens (tertiary/aromatic N) is 2. The molecular formula is C13H20ClN3O. The normalized spacial score (nSPS) is 24.4. The summed E-state index contributed by atoms with van der Waals surface area (Å²) in [4.78, 5) is 6.74. The predicted octanol–water partition coefficient (Wildman–Crippen LogP) is 1.98. The Hall–Kier alpha value is -0.840. The van der Waals surface area contributed by atoms with Gasteiger partial charge in [-0.2, -0.15) is 0 Å². The molecule has 1 aliphatic heterocycles. The van der Waals surface area contributed by atoms with E-state index in [0.717, 1.165) is 24.5 Å². The van der Waals surface area contributed by atoms with Crippen LogP contribution >= 0.6 is 11.6 Å². The average Bonchev–Trinajstić information content (AvgIpc) is 2.72. The molecule has 0 saturated carbocycles. The summed E-state index contributed by atoms with van der Waals surface area (Å²) in [6.07, 6.45) is 1.12. The van der Waals surface area contributed by atoms with Gasteiger partial charge in [-0.05, 0) is 31.0 Å². The second-order valence-electron chi connectivity index (χ2n) is 4.86. The predicted molar refractivity (Wildman–Crippen MR) is 73.9 cm³/mol. The topological polar surface area (TPSA) is 48.4 Å². The van der Waals surface area contributed by atoms with Gasteiger partial charge in [0, 0.05) is 19.6 Å². The van der Waals surface area contributed by atoms with E-state index in [9.17, 15) is 5.11 Å². The summed E-state index contributed by atoms with van der Waals surface area (Å²) >= 11 is 6.18. The summed E-state index contributed by atoms with van der Waals surface area (Å²) in [5.74, 6) is 1.35. The van der Waals surface area contributed by atoms with Crippen molar-refractivity contribution in [2.24, 2.45) is 5.92 Å². The largest absolute Gasteiger partial charge is 0.395 e. The lowest BCUT2D eigenvalue weighted by atomic mass is 10.0. The molecule has 1 aromatic rings. The van der Waals surface area contributed by atoms with E-state index in [4.69, 9.17) is 11.6 Å². The third-order valence-electron chi connectivity index (χ3n) is 3.71. The fraction of sp³-hybridized carbons (Fsp3) is 0.615. The van der Waals surface area contributed by atoms with E-state index in [0.29, 0.717) is 17.5 Å². The van der Waals surface area contributed by atoms with Crippen molar-refractivity contribution in [3.63, 3.8) is 0 Å². The first-order valence-corrected chi connectivity index (χ1v) is 6.71. The van der Waals surface area contributed by atoms with Crippen molar-refractivity contribution < 1.29 is 5.11 Å². The second kappa shape index (κ2) is 5.87. The van der Waals surface area contributed by atoms with Crippen molar-refractivity contribution in [2.45, 2.75) is 25.9 Å². The molecule has 2 heterocycles. The maximum absolute atomic E-state index is 9.45. The standard InChI is InChI=1S/C13H20ClN3O/c1-9-5-6-17(12(9)8-18)7-11-10(14)3-4-13(15-2)16-11/h3-4,9,12,18H,5-8H2,1-2H3,(H,15,16). The fourth-order valence-electron chi connectivity index (χ4n) is 2.51. The van der Waals surface area contributed by atoms with Gasteiger partial charge in [-0.15, -0.1) is 0 Å². The third-order valence-corrected chi connectivity index (χ3v) is 4.06. The van der Waals surface area contributed by atoms with Gasteiger partial charge in [0.25, 0.3) is 0 Å². The maximum Gasteiger partial charge on any atom is 0.126 e. The average molecular weight is 270 g/mol. The van der Waals surface area contributed by atoms with Crippen LogP contribution < -0.4 is 5.32 Å². The summed E-state index contributed by atoms with van der Waals surface area (Å²) in [6, 6.07) is 3.95. The highest BCUT2D eigenvalue weighted by atomic mass is 35.5. The van der Waals surface area contributed by atoms with Crippen LogP contribution in [0.3, 0.4) is 0 Å². The van der Waals surface area contributed by atoms with Gasteiger partial charge in [-0.3, -0.25) is 4.90 Å². The molecule has 0 spiro atoms. The molecule has 0 aromatic carbocycles. The number of halogens is 1. The Labute approximate surface area is 113 Å². The highest BCUT2D eigenvalue weighted by Gasteiger charge is 2.30. The first-order chi connectivity index (χ1) is 8.65. The van der Waals surface area contributed by atoms with Crippen LogP contribution in [0.25, 0.3) is 0 Å². The van der Waals surface area contributed by atoms with Crippen LogP contribution in [0.4, 0.5) is 5.82 Å². The number of nitrogens with one attached hydrogen (secondary N) is 1. The molecular weight excluding hydrogens is 250 g/mol.